The Morgan fingerprint density at radius 1 is 1.55 bits per heavy atom. The Morgan fingerprint density at radius 3 is 2.86 bits per heavy atom. The standard InChI is InChI=1S/C13H23ClN4O3S/c1-10(2)7-18-4-5-21-11(8-18)6-16-22(19,20)13-12(14)17(3)9-15-13/h9-11,16H,4-8H2,1-3H3. The molecule has 22 heavy (non-hydrogen) atoms. The third-order valence-electron chi connectivity index (χ3n) is 3.44. The molecule has 1 aliphatic rings. The molecule has 2 rings (SSSR count). The maximum atomic E-state index is 12.2. The molecule has 1 saturated heterocycles. The number of aryl methyl sites for hydroxylation is 1. The molecule has 0 aromatic carbocycles. The molecule has 1 atom stereocenters. The van der Waals surface area contributed by atoms with Gasteiger partial charge in [0.05, 0.1) is 19.0 Å². The van der Waals surface area contributed by atoms with Crippen molar-refractivity contribution in [2.75, 3.05) is 32.8 Å². The number of imidazole rings is 1. The molecule has 0 saturated carbocycles. The van der Waals surface area contributed by atoms with Crippen molar-refractivity contribution in [3.63, 3.8) is 0 Å². The predicted octanol–water partition coefficient (Wildman–Crippen LogP) is 0.709. The van der Waals surface area contributed by atoms with E-state index in [1.54, 1.807) is 7.05 Å². The summed E-state index contributed by atoms with van der Waals surface area (Å²) >= 11 is 5.94. The first-order valence-corrected chi connectivity index (χ1v) is 9.16. The Hall–Kier alpha value is -0.670. The Balaban J connectivity index is 1.93. The molecule has 1 aromatic rings. The highest BCUT2D eigenvalue weighted by molar-refractivity contribution is 7.89. The van der Waals surface area contributed by atoms with Crippen LogP contribution in [0.2, 0.25) is 5.15 Å². The highest BCUT2D eigenvalue weighted by Gasteiger charge is 2.26. The molecule has 126 valence electrons. The summed E-state index contributed by atoms with van der Waals surface area (Å²) in [6.07, 6.45) is 1.21. The normalized spacial score (nSPS) is 20.7. The number of aromatic nitrogens is 2. The SMILES string of the molecule is CC(C)CN1CCOC(CNS(=O)(=O)c2ncn(C)c2Cl)C1. The quantitative estimate of drug-likeness (QED) is 0.817. The molecule has 0 aliphatic carbocycles. The molecular weight excluding hydrogens is 328 g/mol. The zero-order chi connectivity index (χ0) is 16.3. The number of morpholine rings is 1. The summed E-state index contributed by atoms with van der Waals surface area (Å²) in [5.74, 6) is 0.572. The smallest absolute Gasteiger partial charge is 0.261 e. The maximum Gasteiger partial charge on any atom is 0.261 e. The van der Waals surface area contributed by atoms with Gasteiger partial charge in [-0.3, -0.25) is 4.90 Å². The van der Waals surface area contributed by atoms with Gasteiger partial charge >= 0.3 is 0 Å². The summed E-state index contributed by atoms with van der Waals surface area (Å²) in [6, 6.07) is 0. The van der Waals surface area contributed by atoms with E-state index in [9.17, 15) is 8.42 Å². The van der Waals surface area contributed by atoms with E-state index in [2.05, 4.69) is 28.5 Å². The first-order valence-electron chi connectivity index (χ1n) is 7.30. The molecule has 1 aromatic heterocycles. The lowest BCUT2D eigenvalue weighted by atomic mass is 10.2. The van der Waals surface area contributed by atoms with Crippen molar-refractivity contribution in [1.82, 2.24) is 19.2 Å². The van der Waals surface area contributed by atoms with Gasteiger partial charge in [-0.2, -0.15) is 0 Å². The van der Waals surface area contributed by atoms with E-state index in [0.717, 1.165) is 19.6 Å². The van der Waals surface area contributed by atoms with Gasteiger partial charge in [0.25, 0.3) is 10.0 Å². The lowest BCUT2D eigenvalue weighted by Gasteiger charge is -2.33. The molecule has 0 amide bonds. The number of ether oxygens (including phenoxy) is 1. The molecule has 1 fully saturated rings. The van der Waals surface area contributed by atoms with E-state index in [-0.39, 0.29) is 22.8 Å². The van der Waals surface area contributed by atoms with Crippen LogP contribution in [0.4, 0.5) is 0 Å². The van der Waals surface area contributed by atoms with Crippen LogP contribution < -0.4 is 4.72 Å². The Labute approximate surface area is 136 Å². The molecule has 1 aliphatic heterocycles. The minimum atomic E-state index is -3.72. The molecule has 0 bridgehead atoms. The lowest BCUT2D eigenvalue weighted by molar-refractivity contribution is -0.0280. The number of hydrogen-bond donors (Lipinski definition) is 1. The average molecular weight is 351 g/mol. The highest BCUT2D eigenvalue weighted by Crippen LogP contribution is 2.18. The van der Waals surface area contributed by atoms with Gasteiger partial charge in [0.15, 0.2) is 0 Å². The largest absolute Gasteiger partial charge is 0.374 e. The van der Waals surface area contributed by atoms with Gasteiger partial charge < -0.3 is 9.30 Å². The zero-order valence-corrected chi connectivity index (χ0v) is 14.7. The van der Waals surface area contributed by atoms with Crippen molar-refractivity contribution in [2.45, 2.75) is 25.0 Å². The first kappa shape index (κ1) is 17.7. The molecule has 2 heterocycles. The molecule has 0 spiro atoms. The minimum absolute atomic E-state index is 0.0958. The first-order chi connectivity index (χ1) is 10.3. The number of rotatable bonds is 6. The zero-order valence-electron chi connectivity index (χ0n) is 13.1. The third kappa shape index (κ3) is 4.42. The molecule has 0 radical (unpaired) electrons. The Morgan fingerprint density at radius 2 is 2.27 bits per heavy atom. The number of halogens is 1. The second-order valence-electron chi connectivity index (χ2n) is 5.95. The summed E-state index contributed by atoms with van der Waals surface area (Å²) in [5.41, 5.74) is 0. The van der Waals surface area contributed by atoms with Crippen molar-refractivity contribution in [3.05, 3.63) is 11.5 Å². The summed E-state index contributed by atoms with van der Waals surface area (Å²) in [6.45, 7) is 7.74. The van der Waals surface area contributed by atoms with E-state index in [1.165, 1.54) is 10.9 Å². The van der Waals surface area contributed by atoms with Crippen LogP contribution in [0.15, 0.2) is 11.4 Å². The van der Waals surface area contributed by atoms with Crippen molar-refractivity contribution < 1.29 is 13.2 Å². The topological polar surface area (TPSA) is 76.5 Å². The van der Waals surface area contributed by atoms with Crippen LogP contribution in [0.1, 0.15) is 13.8 Å². The van der Waals surface area contributed by atoms with E-state index >= 15 is 0 Å². The van der Waals surface area contributed by atoms with Gasteiger partial charge in [0, 0.05) is 33.2 Å². The predicted molar refractivity (Wildman–Crippen MR) is 84.4 cm³/mol. The molecule has 7 nitrogen and oxygen atoms in total. The van der Waals surface area contributed by atoms with Crippen LogP contribution in [0.3, 0.4) is 0 Å². The number of hydrogen-bond acceptors (Lipinski definition) is 5. The van der Waals surface area contributed by atoms with Gasteiger partial charge in [-0.25, -0.2) is 18.1 Å². The Kier molecular flexibility index (Phi) is 5.84. The molecule has 1 N–H and O–H groups in total. The van der Waals surface area contributed by atoms with Crippen molar-refractivity contribution in [2.24, 2.45) is 13.0 Å². The van der Waals surface area contributed by atoms with Crippen LogP contribution in [-0.2, 0) is 21.8 Å². The molecular formula is C13H23ClN4O3S. The number of nitrogens with zero attached hydrogens (tertiary/aromatic N) is 3. The molecule has 1 unspecified atom stereocenters. The van der Waals surface area contributed by atoms with E-state index in [4.69, 9.17) is 16.3 Å². The fraction of sp³-hybridized carbons (Fsp3) is 0.769. The third-order valence-corrected chi connectivity index (χ3v) is 5.35. The van der Waals surface area contributed by atoms with Crippen molar-refractivity contribution in [3.8, 4) is 0 Å². The maximum absolute atomic E-state index is 12.2. The summed E-state index contributed by atoms with van der Waals surface area (Å²) < 4.78 is 34.1. The van der Waals surface area contributed by atoms with Crippen molar-refractivity contribution in [1.29, 1.82) is 0 Å². The van der Waals surface area contributed by atoms with Gasteiger partial charge in [0.2, 0.25) is 5.03 Å². The highest BCUT2D eigenvalue weighted by atomic mass is 35.5. The van der Waals surface area contributed by atoms with Crippen molar-refractivity contribution >= 4 is 21.6 Å². The van der Waals surface area contributed by atoms with Crippen LogP contribution in [-0.4, -0.2) is 61.8 Å². The fourth-order valence-corrected chi connectivity index (χ4v) is 3.92. The van der Waals surface area contributed by atoms with Gasteiger partial charge in [-0.05, 0) is 5.92 Å². The van der Waals surface area contributed by atoms with E-state index in [0.29, 0.717) is 12.5 Å². The second-order valence-corrected chi connectivity index (χ2v) is 7.99. The minimum Gasteiger partial charge on any atom is -0.374 e. The van der Waals surface area contributed by atoms with Crippen LogP contribution >= 0.6 is 11.6 Å². The monoisotopic (exact) mass is 350 g/mol. The number of nitrogens with one attached hydrogen (secondary N) is 1. The second kappa shape index (κ2) is 7.27. The fourth-order valence-electron chi connectivity index (χ4n) is 2.43. The van der Waals surface area contributed by atoms with E-state index in [1.807, 2.05) is 0 Å². The van der Waals surface area contributed by atoms with Crippen LogP contribution in [0.5, 0.6) is 0 Å². The Bertz CT molecular complexity index is 602. The van der Waals surface area contributed by atoms with Gasteiger partial charge in [0.1, 0.15) is 5.15 Å². The van der Waals surface area contributed by atoms with Crippen LogP contribution in [0.25, 0.3) is 0 Å². The average Bonchev–Trinajstić information content (AvgIpc) is 2.77. The van der Waals surface area contributed by atoms with E-state index < -0.39 is 10.0 Å². The van der Waals surface area contributed by atoms with Crippen LogP contribution in [0, 0.1) is 5.92 Å². The van der Waals surface area contributed by atoms with Gasteiger partial charge in [-0.15, -0.1) is 0 Å². The lowest BCUT2D eigenvalue weighted by Crippen LogP contribution is -2.48. The molecule has 9 heteroatoms. The summed E-state index contributed by atoms with van der Waals surface area (Å²) in [4.78, 5) is 6.13. The summed E-state index contributed by atoms with van der Waals surface area (Å²) in [5, 5.41) is -0.0509. The van der Waals surface area contributed by atoms with Gasteiger partial charge in [-0.1, -0.05) is 25.4 Å². The summed E-state index contributed by atoms with van der Waals surface area (Å²) in [7, 11) is -2.08. The number of sulfonamides is 1.